The van der Waals surface area contributed by atoms with Gasteiger partial charge in [0.25, 0.3) is 15.9 Å². The van der Waals surface area contributed by atoms with E-state index in [0.29, 0.717) is 11.4 Å². The number of carbonyl (C=O) groups excluding carboxylic acids is 2. The quantitative estimate of drug-likeness (QED) is 0.206. The molecule has 0 aliphatic rings. The monoisotopic (exact) mass is 587 g/mol. The van der Waals surface area contributed by atoms with Gasteiger partial charge in [-0.3, -0.25) is 13.9 Å². The van der Waals surface area contributed by atoms with E-state index in [1.54, 1.807) is 24.3 Å². The summed E-state index contributed by atoms with van der Waals surface area (Å²) in [5, 5.41) is 6.72. The first-order chi connectivity index (χ1) is 20.0. The molecule has 218 valence electrons. The molecule has 0 aliphatic carbocycles. The number of amides is 2. The van der Waals surface area contributed by atoms with Crippen molar-refractivity contribution in [1.82, 2.24) is 9.99 Å². The Bertz CT molecular complexity index is 1710. The van der Waals surface area contributed by atoms with Crippen LogP contribution in [0.25, 0.3) is 5.69 Å². The average Bonchev–Trinajstić information content (AvgIpc) is 3.24. The van der Waals surface area contributed by atoms with Gasteiger partial charge in [-0.05, 0) is 87.5 Å². The number of benzene rings is 3. The minimum Gasteiger partial charge on any atom is -0.497 e. The number of aryl methyl sites for hydroxylation is 2. The van der Waals surface area contributed by atoms with Gasteiger partial charge < -0.3 is 14.6 Å². The van der Waals surface area contributed by atoms with Crippen molar-refractivity contribution in [2.24, 2.45) is 5.10 Å². The van der Waals surface area contributed by atoms with E-state index in [1.165, 1.54) is 50.1 Å². The lowest BCUT2D eigenvalue weighted by Crippen LogP contribution is -2.39. The predicted octanol–water partition coefficient (Wildman–Crippen LogP) is 4.72. The molecule has 0 unspecified atom stereocenters. The van der Waals surface area contributed by atoms with E-state index >= 15 is 0 Å². The Kier molecular flexibility index (Phi) is 9.12. The molecule has 11 heteroatoms. The van der Waals surface area contributed by atoms with Crippen molar-refractivity contribution in [3.63, 3.8) is 0 Å². The smallest absolute Gasteiger partial charge is 0.264 e. The van der Waals surface area contributed by atoms with Gasteiger partial charge in [-0.2, -0.15) is 5.10 Å². The van der Waals surface area contributed by atoms with Crippen molar-refractivity contribution in [1.29, 1.82) is 0 Å². The van der Waals surface area contributed by atoms with E-state index in [9.17, 15) is 18.0 Å². The van der Waals surface area contributed by atoms with Gasteiger partial charge in [0.2, 0.25) is 5.91 Å². The summed E-state index contributed by atoms with van der Waals surface area (Å²) < 4.78 is 35.6. The highest BCUT2D eigenvalue weighted by atomic mass is 32.2. The van der Waals surface area contributed by atoms with Gasteiger partial charge in [0.1, 0.15) is 12.3 Å². The number of anilines is 2. The Morgan fingerprint density at radius 3 is 2.19 bits per heavy atom. The number of nitrogens with zero attached hydrogens (tertiary/aromatic N) is 3. The summed E-state index contributed by atoms with van der Waals surface area (Å²) in [4.78, 5) is 24.3. The van der Waals surface area contributed by atoms with E-state index in [2.05, 4.69) is 20.4 Å². The third-order valence-electron chi connectivity index (χ3n) is 6.57. The van der Waals surface area contributed by atoms with Gasteiger partial charge in [-0.25, -0.2) is 13.8 Å². The van der Waals surface area contributed by atoms with E-state index in [0.717, 1.165) is 26.9 Å². The number of hydrogen-bond donors (Lipinski definition) is 2. The second-order valence-electron chi connectivity index (χ2n) is 9.71. The molecule has 0 radical (unpaired) electrons. The number of ether oxygens (including phenoxy) is 1. The first-order valence-electron chi connectivity index (χ1n) is 13.1. The maximum atomic E-state index is 13.7. The van der Waals surface area contributed by atoms with Crippen LogP contribution in [0.5, 0.6) is 5.75 Å². The topological polar surface area (TPSA) is 122 Å². The van der Waals surface area contributed by atoms with Crippen LogP contribution in [-0.4, -0.2) is 44.7 Å². The van der Waals surface area contributed by atoms with Crippen LogP contribution in [0.4, 0.5) is 11.4 Å². The predicted molar refractivity (Wildman–Crippen MR) is 164 cm³/mol. The second kappa shape index (κ2) is 12.7. The van der Waals surface area contributed by atoms with Crippen molar-refractivity contribution in [2.75, 3.05) is 23.3 Å². The van der Waals surface area contributed by atoms with Crippen LogP contribution < -0.4 is 19.8 Å². The largest absolute Gasteiger partial charge is 0.497 e. The zero-order valence-corrected chi connectivity index (χ0v) is 24.9. The van der Waals surface area contributed by atoms with Crippen molar-refractivity contribution < 1.29 is 22.7 Å². The van der Waals surface area contributed by atoms with E-state index < -0.39 is 22.5 Å². The molecule has 0 fully saturated rings. The lowest BCUT2D eigenvalue weighted by Gasteiger charge is -2.24. The number of sulfonamides is 1. The lowest BCUT2D eigenvalue weighted by atomic mass is 10.2. The summed E-state index contributed by atoms with van der Waals surface area (Å²) in [6.07, 6.45) is 1.54. The summed E-state index contributed by atoms with van der Waals surface area (Å²) in [5.41, 5.74) is 8.12. The molecule has 4 rings (SSSR count). The van der Waals surface area contributed by atoms with Crippen molar-refractivity contribution in [3.8, 4) is 11.4 Å². The molecule has 0 saturated carbocycles. The number of hydrazone groups is 1. The van der Waals surface area contributed by atoms with Crippen LogP contribution in [0.15, 0.2) is 88.9 Å². The van der Waals surface area contributed by atoms with Gasteiger partial charge in [-0.1, -0.05) is 17.7 Å². The van der Waals surface area contributed by atoms with Crippen molar-refractivity contribution in [3.05, 3.63) is 101 Å². The summed E-state index contributed by atoms with van der Waals surface area (Å²) in [6.45, 7) is 6.82. The molecule has 2 amide bonds. The van der Waals surface area contributed by atoms with Crippen LogP contribution in [0, 0.1) is 20.8 Å². The van der Waals surface area contributed by atoms with E-state index in [1.807, 2.05) is 51.1 Å². The molecule has 4 aromatic rings. The third kappa shape index (κ3) is 6.87. The normalized spacial score (nSPS) is 11.4. The van der Waals surface area contributed by atoms with Crippen molar-refractivity contribution >= 4 is 39.4 Å². The summed E-state index contributed by atoms with van der Waals surface area (Å²) in [6, 6.07) is 22.2. The number of carbonyl (C=O) groups is 2. The summed E-state index contributed by atoms with van der Waals surface area (Å²) in [7, 11) is -2.67. The molecule has 1 heterocycles. The maximum Gasteiger partial charge on any atom is 0.264 e. The molecule has 0 aliphatic heterocycles. The minimum absolute atomic E-state index is 0.0488. The Morgan fingerprint density at radius 1 is 0.952 bits per heavy atom. The molecule has 42 heavy (non-hydrogen) atoms. The molecular weight excluding hydrogens is 554 g/mol. The van der Waals surface area contributed by atoms with Crippen LogP contribution in [0.1, 0.15) is 29.4 Å². The average molecular weight is 588 g/mol. The standard InChI is InChI=1S/C31H33N5O5S/c1-21-6-10-28(11-7-21)36-22(2)18-25(23(36)3)19-32-34-31(38)20-35(27-12-14-29(41-5)15-13-27)42(39,40)30-16-8-26(9-17-30)33-24(4)37/h6-19H,20H2,1-5H3,(H,33,37)(H,34,38)/b32-19-. The van der Waals surface area contributed by atoms with Crippen LogP contribution in [0.3, 0.4) is 0 Å². The molecular formula is C31H33N5O5S. The van der Waals surface area contributed by atoms with Gasteiger partial charge in [0, 0.05) is 35.2 Å². The molecule has 1 aromatic heterocycles. The molecule has 0 bridgehead atoms. The molecule has 0 atom stereocenters. The fraction of sp³-hybridized carbons (Fsp3) is 0.194. The van der Waals surface area contributed by atoms with Gasteiger partial charge >= 0.3 is 0 Å². The zero-order valence-electron chi connectivity index (χ0n) is 24.1. The Hall–Kier alpha value is -4.90. The fourth-order valence-electron chi connectivity index (χ4n) is 4.45. The molecule has 0 saturated heterocycles. The number of nitrogens with one attached hydrogen (secondary N) is 2. The molecule has 2 N–H and O–H groups in total. The zero-order chi connectivity index (χ0) is 30.4. The Balaban J connectivity index is 1.55. The highest BCUT2D eigenvalue weighted by Gasteiger charge is 2.27. The summed E-state index contributed by atoms with van der Waals surface area (Å²) >= 11 is 0. The lowest BCUT2D eigenvalue weighted by molar-refractivity contribution is -0.119. The SMILES string of the molecule is COc1ccc(N(CC(=O)N/N=C\c2cc(C)n(-c3ccc(C)cc3)c2C)S(=O)(=O)c2ccc(NC(C)=O)cc2)cc1. The molecule has 10 nitrogen and oxygen atoms in total. The summed E-state index contributed by atoms with van der Waals surface area (Å²) in [5.74, 6) is -0.374. The number of aromatic nitrogens is 1. The number of hydrogen-bond acceptors (Lipinski definition) is 6. The highest BCUT2D eigenvalue weighted by Crippen LogP contribution is 2.27. The third-order valence-corrected chi connectivity index (χ3v) is 8.35. The van der Waals surface area contributed by atoms with Gasteiger partial charge in [-0.15, -0.1) is 0 Å². The first kappa shape index (κ1) is 30.1. The minimum atomic E-state index is -4.17. The van der Waals surface area contributed by atoms with E-state index in [-0.39, 0.29) is 16.5 Å². The first-order valence-corrected chi connectivity index (χ1v) is 14.6. The molecule has 0 spiro atoms. The Labute approximate surface area is 245 Å². The van der Waals surface area contributed by atoms with Gasteiger partial charge in [0.05, 0.1) is 23.9 Å². The maximum absolute atomic E-state index is 13.7. The number of methoxy groups -OCH3 is 1. The number of rotatable bonds is 10. The van der Waals surface area contributed by atoms with Crippen LogP contribution in [-0.2, 0) is 19.6 Å². The Morgan fingerprint density at radius 2 is 1.60 bits per heavy atom. The van der Waals surface area contributed by atoms with Crippen molar-refractivity contribution in [2.45, 2.75) is 32.6 Å². The van der Waals surface area contributed by atoms with Crippen LogP contribution in [0.2, 0.25) is 0 Å². The van der Waals surface area contributed by atoms with Gasteiger partial charge in [0.15, 0.2) is 0 Å². The molecule has 3 aromatic carbocycles. The second-order valence-corrected chi connectivity index (χ2v) is 11.6. The highest BCUT2D eigenvalue weighted by molar-refractivity contribution is 7.92. The van der Waals surface area contributed by atoms with Crippen LogP contribution >= 0.6 is 0 Å². The van der Waals surface area contributed by atoms with E-state index in [4.69, 9.17) is 4.74 Å². The fourth-order valence-corrected chi connectivity index (χ4v) is 5.87.